The molecule has 0 spiro atoms. The van der Waals surface area contributed by atoms with E-state index in [-0.39, 0.29) is 0 Å². The fourth-order valence-electron chi connectivity index (χ4n) is 2.77. The van der Waals surface area contributed by atoms with Crippen molar-refractivity contribution in [2.45, 2.75) is 49.5 Å². The maximum Gasteiger partial charge on any atom is 0.257 e. The van der Waals surface area contributed by atoms with Crippen molar-refractivity contribution in [1.82, 2.24) is 4.98 Å². The van der Waals surface area contributed by atoms with Gasteiger partial charge < -0.3 is 10.2 Å². The Kier molecular flexibility index (Phi) is 3.69. The number of aromatic nitrogens is 1. The Morgan fingerprint density at radius 3 is 2.84 bits per heavy atom. The van der Waals surface area contributed by atoms with E-state index in [2.05, 4.69) is 11.9 Å². The van der Waals surface area contributed by atoms with Crippen LogP contribution in [0.2, 0.25) is 0 Å². The molecule has 0 radical (unpaired) electrons. The van der Waals surface area contributed by atoms with Gasteiger partial charge in [-0.25, -0.2) is 4.98 Å². The summed E-state index contributed by atoms with van der Waals surface area (Å²) in [6, 6.07) is 5.63. The lowest BCUT2D eigenvalue weighted by Crippen LogP contribution is -2.15. The third-order valence-corrected chi connectivity index (χ3v) is 5.21. The summed E-state index contributed by atoms with van der Waals surface area (Å²) in [5.41, 5.74) is 8.19. The number of rotatable bonds is 3. The number of hydrogen-bond donors (Lipinski definition) is 1. The van der Waals surface area contributed by atoms with Crippen molar-refractivity contribution in [1.29, 1.82) is 0 Å². The molecule has 0 amide bonds. The van der Waals surface area contributed by atoms with E-state index < -0.39 is 0 Å². The predicted molar refractivity (Wildman–Crippen MR) is 80.3 cm³/mol. The van der Waals surface area contributed by atoms with E-state index in [0.29, 0.717) is 5.25 Å². The first kappa shape index (κ1) is 12.9. The lowest BCUT2D eigenvalue weighted by atomic mass is 9.87. The van der Waals surface area contributed by atoms with Crippen LogP contribution in [0.1, 0.15) is 39.0 Å². The molecule has 102 valence electrons. The summed E-state index contributed by atoms with van der Waals surface area (Å²) >= 11 is 1.79. The van der Waals surface area contributed by atoms with E-state index in [0.717, 1.165) is 27.9 Å². The standard InChI is InChI=1S/C15H20N2OS/c1-2-10-3-6-12(7-4-10)19-15-17-13-9-11(16)5-8-14(13)18-15/h5,8-10,12H,2-4,6-7,16H2,1H3. The van der Waals surface area contributed by atoms with Crippen LogP contribution in [0.5, 0.6) is 0 Å². The van der Waals surface area contributed by atoms with Crippen LogP contribution in [-0.2, 0) is 0 Å². The molecule has 0 bridgehead atoms. The molecule has 1 fully saturated rings. The minimum absolute atomic E-state index is 0.660. The SMILES string of the molecule is CCC1CCC(Sc2nc3cc(N)ccc3o2)CC1. The highest BCUT2D eigenvalue weighted by Crippen LogP contribution is 2.37. The Balaban J connectivity index is 1.68. The van der Waals surface area contributed by atoms with Gasteiger partial charge in [-0.3, -0.25) is 0 Å². The first-order valence-electron chi connectivity index (χ1n) is 7.07. The predicted octanol–water partition coefficient (Wildman–Crippen LogP) is 4.47. The summed E-state index contributed by atoms with van der Waals surface area (Å²) in [4.78, 5) is 4.52. The molecule has 1 aliphatic carbocycles. The molecule has 0 saturated heterocycles. The Bertz CT molecular complexity index is 558. The first-order valence-corrected chi connectivity index (χ1v) is 7.95. The molecule has 4 heteroatoms. The van der Waals surface area contributed by atoms with Crippen LogP contribution in [0.25, 0.3) is 11.1 Å². The molecule has 0 atom stereocenters. The topological polar surface area (TPSA) is 52.0 Å². The second kappa shape index (κ2) is 5.45. The highest BCUT2D eigenvalue weighted by molar-refractivity contribution is 7.99. The van der Waals surface area contributed by atoms with Crippen LogP contribution in [0.4, 0.5) is 5.69 Å². The van der Waals surface area contributed by atoms with Crippen molar-refractivity contribution >= 4 is 28.5 Å². The van der Waals surface area contributed by atoms with E-state index in [4.69, 9.17) is 10.2 Å². The monoisotopic (exact) mass is 276 g/mol. The molecule has 3 nitrogen and oxygen atoms in total. The fraction of sp³-hybridized carbons (Fsp3) is 0.533. The van der Waals surface area contributed by atoms with Gasteiger partial charge in [0, 0.05) is 10.9 Å². The summed E-state index contributed by atoms with van der Waals surface area (Å²) < 4.78 is 5.78. The summed E-state index contributed by atoms with van der Waals surface area (Å²) in [5.74, 6) is 0.931. The molecule has 3 rings (SSSR count). The van der Waals surface area contributed by atoms with Gasteiger partial charge in [0.05, 0.1) is 0 Å². The van der Waals surface area contributed by atoms with E-state index in [1.807, 2.05) is 18.2 Å². The normalized spacial score (nSPS) is 23.8. The number of anilines is 1. The number of hydrogen-bond acceptors (Lipinski definition) is 4. The van der Waals surface area contributed by atoms with Gasteiger partial charge >= 0.3 is 0 Å². The van der Waals surface area contributed by atoms with Crippen molar-refractivity contribution in [3.63, 3.8) is 0 Å². The minimum Gasteiger partial charge on any atom is -0.431 e. The number of fused-ring (bicyclic) bond motifs is 1. The number of nitrogen functional groups attached to an aromatic ring is 1. The maximum absolute atomic E-state index is 5.78. The molecule has 1 aromatic heterocycles. The van der Waals surface area contributed by atoms with Crippen molar-refractivity contribution in [2.75, 3.05) is 5.73 Å². The largest absolute Gasteiger partial charge is 0.431 e. The van der Waals surface area contributed by atoms with E-state index in [9.17, 15) is 0 Å². The molecule has 19 heavy (non-hydrogen) atoms. The molecule has 0 unspecified atom stereocenters. The van der Waals surface area contributed by atoms with Crippen molar-refractivity contribution < 1.29 is 4.42 Å². The number of benzene rings is 1. The molecule has 1 heterocycles. The van der Waals surface area contributed by atoms with Gasteiger partial charge in [0.1, 0.15) is 5.52 Å². The Morgan fingerprint density at radius 2 is 2.11 bits per heavy atom. The number of oxazole rings is 1. The third kappa shape index (κ3) is 2.89. The molecule has 1 saturated carbocycles. The molecular formula is C15H20N2OS. The van der Waals surface area contributed by atoms with Gasteiger partial charge in [-0.15, -0.1) is 0 Å². The van der Waals surface area contributed by atoms with Gasteiger partial charge in [-0.2, -0.15) is 0 Å². The number of nitrogens with two attached hydrogens (primary N) is 1. The van der Waals surface area contributed by atoms with Gasteiger partial charge in [0.15, 0.2) is 5.58 Å². The highest BCUT2D eigenvalue weighted by atomic mass is 32.2. The van der Waals surface area contributed by atoms with Crippen LogP contribution in [-0.4, -0.2) is 10.2 Å². The number of thioether (sulfide) groups is 1. The van der Waals surface area contributed by atoms with Crippen LogP contribution in [0.3, 0.4) is 0 Å². The fourth-order valence-corrected chi connectivity index (χ4v) is 3.86. The zero-order valence-electron chi connectivity index (χ0n) is 11.3. The van der Waals surface area contributed by atoms with Crippen LogP contribution >= 0.6 is 11.8 Å². The third-order valence-electron chi connectivity index (χ3n) is 4.03. The van der Waals surface area contributed by atoms with Gasteiger partial charge in [-0.1, -0.05) is 25.1 Å². The summed E-state index contributed by atoms with van der Waals surface area (Å²) in [6.45, 7) is 2.29. The van der Waals surface area contributed by atoms with Crippen molar-refractivity contribution in [3.8, 4) is 0 Å². The maximum atomic E-state index is 5.78. The van der Waals surface area contributed by atoms with E-state index in [1.165, 1.54) is 32.1 Å². The summed E-state index contributed by atoms with van der Waals surface area (Å²) in [5, 5.41) is 1.45. The van der Waals surface area contributed by atoms with Crippen LogP contribution < -0.4 is 5.73 Å². The molecule has 1 aromatic carbocycles. The zero-order valence-corrected chi connectivity index (χ0v) is 12.1. The molecular weight excluding hydrogens is 256 g/mol. The average Bonchev–Trinajstić information content (AvgIpc) is 2.81. The quantitative estimate of drug-likeness (QED) is 0.840. The Morgan fingerprint density at radius 1 is 1.32 bits per heavy atom. The van der Waals surface area contributed by atoms with E-state index in [1.54, 1.807) is 11.8 Å². The second-order valence-electron chi connectivity index (χ2n) is 5.38. The highest BCUT2D eigenvalue weighted by Gasteiger charge is 2.22. The smallest absolute Gasteiger partial charge is 0.257 e. The Labute approximate surface area is 118 Å². The molecule has 2 N–H and O–H groups in total. The van der Waals surface area contributed by atoms with Crippen molar-refractivity contribution in [3.05, 3.63) is 18.2 Å². The minimum atomic E-state index is 0.660. The molecule has 2 aromatic rings. The molecule has 1 aliphatic rings. The summed E-state index contributed by atoms with van der Waals surface area (Å²) in [7, 11) is 0. The Hall–Kier alpha value is -1.16. The number of nitrogens with zero attached hydrogens (tertiary/aromatic N) is 1. The lowest BCUT2D eigenvalue weighted by molar-refractivity contribution is 0.354. The zero-order chi connectivity index (χ0) is 13.2. The molecule has 0 aliphatic heterocycles. The van der Waals surface area contributed by atoms with Crippen molar-refractivity contribution in [2.24, 2.45) is 5.92 Å². The summed E-state index contributed by atoms with van der Waals surface area (Å²) in [6.07, 6.45) is 6.58. The first-order chi connectivity index (χ1) is 9.24. The van der Waals surface area contributed by atoms with Gasteiger partial charge in [-0.05, 0) is 49.8 Å². The average molecular weight is 276 g/mol. The van der Waals surface area contributed by atoms with Crippen LogP contribution in [0.15, 0.2) is 27.8 Å². The second-order valence-corrected chi connectivity index (χ2v) is 6.63. The lowest BCUT2D eigenvalue weighted by Gasteiger charge is -2.26. The van der Waals surface area contributed by atoms with Crippen LogP contribution in [0, 0.1) is 5.92 Å². The van der Waals surface area contributed by atoms with E-state index >= 15 is 0 Å². The van der Waals surface area contributed by atoms with Gasteiger partial charge in [0.25, 0.3) is 5.22 Å². The van der Waals surface area contributed by atoms with Gasteiger partial charge in [0.2, 0.25) is 0 Å².